The first kappa shape index (κ1) is 18.1. The number of imide groups is 1. The Morgan fingerprint density at radius 3 is 2.48 bits per heavy atom. The number of fused-ring (bicyclic) bond motifs is 1. The average Bonchev–Trinajstić information content (AvgIpc) is 3.40. The number of hydrogen-bond donors (Lipinski definition) is 0. The molecule has 0 radical (unpaired) electrons. The lowest BCUT2D eigenvalue weighted by atomic mass is 9.95. The highest BCUT2D eigenvalue weighted by Crippen LogP contribution is 2.49. The van der Waals surface area contributed by atoms with Gasteiger partial charge in [-0.2, -0.15) is 0 Å². The molecule has 2 aromatic carbocycles. The van der Waals surface area contributed by atoms with Crippen molar-refractivity contribution in [3.63, 3.8) is 0 Å². The number of rotatable bonds is 3. The van der Waals surface area contributed by atoms with Crippen molar-refractivity contribution in [1.82, 2.24) is 0 Å². The van der Waals surface area contributed by atoms with E-state index in [4.69, 9.17) is 4.84 Å². The number of hydrogen-bond acceptors (Lipinski definition) is 5. The number of nitrogens with zero attached hydrogens (tertiary/aromatic N) is 2. The average molecular weight is 404 g/mol. The van der Waals surface area contributed by atoms with E-state index in [1.54, 1.807) is 22.5 Å². The lowest BCUT2D eigenvalue weighted by Crippen LogP contribution is -2.37. The smallest absolute Gasteiger partial charge is 0.266 e. The Balaban J connectivity index is 1.59. The van der Waals surface area contributed by atoms with Gasteiger partial charge in [0.05, 0.1) is 11.4 Å². The molecule has 5 rings (SSSR count). The molecule has 2 amide bonds. The second-order valence-corrected chi connectivity index (χ2v) is 8.45. The number of carbonyl (C=O) groups excluding carboxylic acids is 2. The van der Waals surface area contributed by atoms with Crippen molar-refractivity contribution < 1.29 is 14.4 Å². The zero-order valence-electron chi connectivity index (χ0n) is 16.1. The van der Waals surface area contributed by atoms with Crippen molar-refractivity contribution in [3.05, 3.63) is 82.0 Å². The summed E-state index contributed by atoms with van der Waals surface area (Å²) in [6.45, 7) is 3.95. The van der Waals surface area contributed by atoms with Gasteiger partial charge in [0.1, 0.15) is 12.0 Å². The third-order valence-electron chi connectivity index (χ3n) is 5.56. The van der Waals surface area contributed by atoms with Gasteiger partial charge in [0.25, 0.3) is 5.91 Å². The molecule has 3 atom stereocenters. The summed E-state index contributed by atoms with van der Waals surface area (Å²) < 4.78 is 0. The molecular formula is C23H20N2O3S. The molecule has 0 N–H and O–H groups in total. The second-order valence-electron chi connectivity index (χ2n) is 7.48. The van der Waals surface area contributed by atoms with Gasteiger partial charge in [0.2, 0.25) is 5.91 Å². The summed E-state index contributed by atoms with van der Waals surface area (Å²) in [5.74, 6) is -1.09. The Morgan fingerprint density at radius 2 is 1.76 bits per heavy atom. The van der Waals surface area contributed by atoms with Crippen molar-refractivity contribution in [3.8, 4) is 0 Å². The highest BCUT2D eigenvalue weighted by molar-refractivity contribution is 7.10. The van der Waals surface area contributed by atoms with Crippen LogP contribution in [0.4, 0.5) is 11.4 Å². The number of benzene rings is 2. The number of para-hydroxylation sites is 1. The first-order valence-electron chi connectivity index (χ1n) is 9.56. The first-order chi connectivity index (χ1) is 14.1. The van der Waals surface area contributed by atoms with Gasteiger partial charge in [-0.15, -0.1) is 11.3 Å². The molecule has 1 aromatic heterocycles. The van der Waals surface area contributed by atoms with E-state index < -0.39 is 12.0 Å². The van der Waals surface area contributed by atoms with E-state index in [0.29, 0.717) is 5.69 Å². The van der Waals surface area contributed by atoms with Crippen molar-refractivity contribution >= 4 is 34.5 Å². The van der Waals surface area contributed by atoms with E-state index in [9.17, 15) is 9.59 Å². The third-order valence-corrected chi connectivity index (χ3v) is 6.51. The lowest BCUT2D eigenvalue weighted by molar-refractivity contribution is -0.126. The molecule has 0 aliphatic carbocycles. The molecular weight excluding hydrogens is 384 g/mol. The normalized spacial score (nSPS) is 23.7. The Hall–Kier alpha value is -2.96. The zero-order chi connectivity index (χ0) is 20.1. The van der Waals surface area contributed by atoms with Crippen LogP contribution in [0.1, 0.15) is 22.0 Å². The fourth-order valence-electron chi connectivity index (χ4n) is 4.20. The van der Waals surface area contributed by atoms with Gasteiger partial charge in [-0.25, -0.2) is 9.96 Å². The van der Waals surface area contributed by atoms with Crippen LogP contribution >= 0.6 is 11.3 Å². The molecule has 2 fully saturated rings. The summed E-state index contributed by atoms with van der Waals surface area (Å²) in [6, 6.07) is 18.9. The van der Waals surface area contributed by atoms with Gasteiger partial charge in [0.15, 0.2) is 6.10 Å². The van der Waals surface area contributed by atoms with Crippen LogP contribution in [0.3, 0.4) is 0 Å². The Bertz CT molecular complexity index is 1100. The van der Waals surface area contributed by atoms with E-state index in [-0.39, 0.29) is 17.9 Å². The predicted molar refractivity (Wildman–Crippen MR) is 113 cm³/mol. The fraction of sp³-hybridized carbons (Fsp3) is 0.217. The Kier molecular flexibility index (Phi) is 4.26. The number of hydroxylamine groups is 1. The molecule has 146 valence electrons. The van der Waals surface area contributed by atoms with Crippen LogP contribution in [-0.2, 0) is 14.4 Å². The second kappa shape index (κ2) is 6.83. The number of carbonyl (C=O) groups is 2. The van der Waals surface area contributed by atoms with E-state index in [2.05, 4.69) is 0 Å². The van der Waals surface area contributed by atoms with Crippen molar-refractivity contribution in [2.75, 3.05) is 9.96 Å². The molecule has 0 bridgehead atoms. The van der Waals surface area contributed by atoms with Gasteiger partial charge in [-0.1, -0.05) is 36.4 Å². The highest BCUT2D eigenvalue weighted by atomic mass is 32.1. The van der Waals surface area contributed by atoms with Crippen LogP contribution in [0.2, 0.25) is 0 Å². The number of aryl methyl sites for hydroxylation is 2. The van der Waals surface area contributed by atoms with Crippen molar-refractivity contribution in [2.45, 2.75) is 26.0 Å². The molecule has 5 nitrogen and oxygen atoms in total. The highest BCUT2D eigenvalue weighted by Gasteiger charge is 2.60. The minimum absolute atomic E-state index is 0.208. The number of thiophene rings is 1. The van der Waals surface area contributed by atoms with Gasteiger partial charge in [-0.05, 0) is 54.6 Å². The summed E-state index contributed by atoms with van der Waals surface area (Å²) >= 11 is 1.57. The molecule has 6 heteroatoms. The molecule has 3 aromatic rings. The van der Waals surface area contributed by atoms with Crippen LogP contribution in [0.5, 0.6) is 0 Å². The molecule has 29 heavy (non-hydrogen) atoms. The van der Waals surface area contributed by atoms with Crippen LogP contribution in [0.25, 0.3) is 0 Å². The summed E-state index contributed by atoms with van der Waals surface area (Å²) in [5.41, 5.74) is 3.51. The van der Waals surface area contributed by atoms with Crippen molar-refractivity contribution in [2.24, 2.45) is 5.92 Å². The topological polar surface area (TPSA) is 49.9 Å². The molecule has 2 saturated heterocycles. The van der Waals surface area contributed by atoms with E-state index in [1.807, 2.05) is 73.8 Å². The van der Waals surface area contributed by atoms with Crippen LogP contribution in [0.15, 0.2) is 66.0 Å². The maximum atomic E-state index is 13.5. The minimum atomic E-state index is -0.824. The van der Waals surface area contributed by atoms with E-state index >= 15 is 0 Å². The SMILES string of the molecule is Cc1cccc(N2C(=O)[C@@H]3[C@@H](ON(c4ccccc4C)[C@H]3c3cccs3)C2=O)c1. The van der Waals surface area contributed by atoms with Crippen molar-refractivity contribution in [1.29, 1.82) is 0 Å². The Labute approximate surface area is 173 Å². The minimum Gasteiger partial charge on any atom is -0.273 e. The van der Waals surface area contributed by atoms with Gasteiger partial charge >= 0.3 is 0 Å². The summed E-state index contributed by atoms with van der Waals surface area (Å²) in [6.07, 6.45) is -0.824. The Morgan fingerprint density at radius 1 is 0.931 bits per heavy atom. The summed E-state index contributed by atoms with van der Waals surface area (Å²) in [5, 5.41) is 3.75. The third kappa shape index (κ3) is 2.79. The number of amides is 2. The number of anilines is 2. The van der Waals surface area contributed by atoms with Gasteiger partial charge < -0.3 is 0 Å². The summed E-state index contributed by atoms with van der Waals surface area (Å²) in [4.78, 5) is 35.2. The zero-order valence-corrected chi connectivity index (χ0v) is 16.9. The van der Waals surface area contributed by atoms with E-state index in [0.717, 1.165) is 21.7 Å². The standard InChI is InChI=1S/C23H20N2O3S/c1-14-7-5-9-16(13-14)24-22(26)19-20(18-11-6-12-29-18)25(28-21(19)23(24)27)17-10-4-3-8-15(17)2/h3-13,19-21H,1-2H3/t19-,20-,21+/m0/s1. The van der Waals surface area contributed by atoms with Gasteiger partial charge in [0, 0.05) is 4.88 Å². The molecule has 2 aliphatic heterocycles. The monoisotopic (exact) mass is 404 g/mol. The molecule has 0 spiro atoms. The fourth-order valence-corrected chi connectivity index (χ4v) is 5.06. The van der Waals surface area contributed by atoms with Crippen LogP contribution in [0, 0.1) is 19.8 Å². The molecule has 0 saturated carbocycles. The largest absolute Gasteiger partial charge is 0.273 e. The molecule has 0 unspecified atom stereocenters. The molecule has 2 aliphatic rings. The van der Waals surface area contributed by atoms with E-state index in [1.165, 1.54) is 4.90 Å². The quantitative estimate of drug-likeness (QED) is 0.607. The first-order valence-corrected chi connectivity index (χ1v) is 10.4. The van der Waals surface area contributed by atoms with Gasteiger partial charge in [-0.3, -0.25) is 14.4 Å². The predicted octanol–water partition coefficient (Wildman–Crippen LogP) is 4.42. The lowest BCUT2D eigenvalue weighted by Gasteiger charge is -2.29. The maximum absolute atomic E-state index is 13.5. The van der Waals surface area contributed by atoms with Crippen LogP contribution < -0.4 is 9.96 Å². The van der Waals surface area contributed by atoms with Crippen LogP contribution in [-0.4, -0.2) is 17.9 Å². The maximum Gasteiger partial charge on any atom is 0.266 e. The summed E-state index contributed by atoms with van der Waals surface area (Å²) in [7, 11) is 0. The molecule has 3 heterocycles.